The van der Waals surface area contributed by atoms with E-state index in [2.05, 4.69) is 0 Å². The zero-order valence-corrected chi connectivity index (χ0v) is 2.58. The molecule has 0 aromatic carbocycles. The molecule has 0 aliphatic rings. The van der Waals surface area contributed by atoms with E-state index in [1.54, 1.807) is 0 Å². The van der Waals surface area contributed by atoms with Crippen LogP contribution in [0.4, 0.5) is 0 Å². The van der Waals surface area contributed by atoms with Crippen LogP contribution in [0, 0.1) is 0 Å². The van der Waals surface area contributed by atoms with Crippen LogP contribution in [-0.2, 0) is 17.1 Å². The summed E-state index contributed by atoms with van der Waals surface area (Å²) < 4.78 is 0. The van der Waals surface area contributed by atoms with Crippen LogP contribution in [0.15, 0.2) is 0 Å². The van der Waals surface area contributed by atoms with E-state index in [-0.39, 0.29) is 34.2 Å². The molecule has 0 heterocycles. The minimum absolute atomic E-state index is 0. The van der Waals surface area contributed by atoms with Gasteiger partial charge in [0.25, 0.3) is 0 Å². The molecule has 0 rings (SSSR count). The number of hydrogen-bond acceptors (Lipinski definition) is 2. The Labute approximate surface area is 35.1 Å². The molecule has 0 amide bonds. The maximum atomic E-state index is 0. The van der Waals surface area contributed by atoms with Gasteiger partial charge in [-0.3, -0.25) is 0 Å². The second kappa shape index (κ2) is 123. The first-order chi connectivity index (χ1) is 0. The molecule has 0 saturated heterocycles. The largest absolute Gasteiger partial charge is 2.00 e. The third-order valence-corrected chi connectivity index (χ3v) is 0. The fourth-order valence-electron chi connectivity index (χ4n) is 0. The summed E-state index contributed by atoms with van der Waals surface area (Å²) >= 11 is 0. The van der Waals surface area contributed by atoms with E-state index >= 15 is 0 Å². The molecule has 0 spiro atoms. The number of nitrogens with zero attached hydrogens (tertiary/aromatic N) is 1. The van der Waals surface area contributed by atoms with Gasteiger partial charge in [0.1, 0.15) is 0 Å². The van der Waals surface area contributed by atoms with Gasteiger partial charge in [0.2, 0.25) is 0 Å². The zero-order valence-electron chi connectivity index (χ0n) is 1.64. The zero-order chi connectivity index (χ0) is 0. The molecule has 2 N–H and O–H groups in total. The third-order valence-electron chi connectivity index (χ3n) is 0. The molecule has 0 unspecified atom stereocenters. The van der Waals surface area contributed by atoms with Crippen molar-refractivity contribution in [1.82, 2.24) is 6.15 Å². The summed E-state index contributed by atoms with van der Waals surface area (Å²) in [7, 11) is 0. The molecule has 0 aromatic heterocycles. The van der Waals surface area contributed by atoms with E-state index in [4.69, 9.17) is 0 Å². The standard InChI is InChI=1S/Cu.N.2H2O/h;;2*1H2/q+2;;;/p-2. The van der Waals surface area contributed by atoms with Gasteiger partial charge in [0, 0.05) is 6.15 Å². The first kappa shape index (κ1) is 319. The molecule has 4 heavy (non-hydrogen) atoms. The van der Waals surface area contributed by atoms with Crippen LogP contribution in [0.5, 0.6) is 0 Å². The molecule has 3 nitrogen and oxygen atoms in total. The molecule has 0 fully saturated rings. The van der Waals surface area contributed by atoms with Crippen LogP contribution in [0.2, 0.25) is 0 Å². The first-order valence-electron chi connectivity index (χ1n) is 0. The molecular formula is H2CuNO2. The monoisotopic (exact) mass is 111 g/mol. The van der Waals surface area contributed by atoms with Crippen molar-refractivity contribution in [1.29, 1.82) is 0 Å². The molecule has 0 aliphatic heterocycles. The Morgan fingerprint density at radius 2 is 0.750 bits per heavy atom. The maximum Gasteiger partial charge on any atom is 2.00 e. The summed E-state index contributed by atoms with van der Waals surface area (Å²) in [5, 5.41) is 0. The molecule has 30 valence electrons. The predicted molar refractivity (Wildman–Crippen MR) is 6.01 cm³/mol. The molecule has 0 bridgehead atoms. The van der Waals surface area contributed by atoms with Gasteiger partial charge in [-0.25, -0.2) is 0 Å². The van der Waals surface area contributed by atoms with Crippen LogP contribution < -0.4 is 6.15 Å². The molecular weight excluding hydrogens is 110 g/mol. The molecule has 4 heteroatoms. The summed E-state index contributed by atoms with van der Waals surface area (Å²) in [5.41, 5.74) is 0. The van der Waals surface area contributed by atoms with Crippen molar-refractivity contribution in [2.75, 3.05) is 0 Å². The average Bonchev–Trinajstić information content (AvgIpc) is 0. The topological polar surface area (TPSA) is 90.5 Å². The van der Waals surface area contributed by atoms with Crippen molar-refractivity contribution < 1.29 is 28.0 Å². The van der Waals surface area contributed by atoms with Crippen LogP contribution in [0.3, 0.4) is 0 Å². The Balaban J connectivity index is 0. The van der Waals surface area contributed by atoms with Crippen LogP contribution in [0.1, 0.15) is 0 Å². The summed E-state index contributed by atoms with van der Waals surface area (Å²) in [4.78, 5) is 0. The second-order valence-electron chi connectivity index (χ2n) is 0. The third kappa shape index (κ3) is 29.4. The van der Waals surface area contributed by atoms with Crippen molar-refractivity contribution >= 4 is 0 Å². The summed E-state index contributed by atoms with van der Waals surface area (Å²) in [5.74, 6) is 0. The molecule has 0 aromatic rings. The SMILES string of the molecule is [Cu+2].[N].[OH-].[OH-]. The minimum Gasteiger partial charge on any atom is -0.870 e. The van der Waals surface area contributed by atoms with E-state index in [0.717, 1.165) is 0 Å². The van der Waals surface area contributed by atoms with E-state index in [1.807, 2.05) is 0 Å². The van der Waals surface area contributed by atoms with Gasteiger partial charge in [-0.15, -0.1) is 0 Å². The molecule has 0 aliphatic carbocycles. The van der Waals surface area contributed by atoms with E-state index in [0.29, 0.717) is 0 Å². The Morgan fingerprint density at radius 1 is 0.750 bits per heavy atom. The Morgan fingerprint density at radius 3 is 0.750 bits per heavy atom. The van der Waals surface area contributed by atoms with Crippen LogP contribution in [0.25, 0.3) is 0 Å². The van der Waals surface area contributed by atoms with Gasteiger partial charge in [-0.2, -0.15) is 0 Å². The van der Waals surface area contributed by atoms with Gasteiger partial charge < -0.3 is 11.0 Å². The fraction of sp³-hybridized carbons (Fsp3) is 0. The summed E-state index contributed by atoms with van der Waals surface area (Å²) in [6, 6.07) is 0. The Hall–Kier alpha value is 0.399. The van der Waals surface area contributed by atoms with E-state index in [1.165, 1.54) is 0 Å². The smallest absolute Gasteiger partial charge is 0.870 e. The normalized spacial score (nSPS) is 0. The first-order valence-corrected chi connectivity index (χ1v) is 0. The molecule has 0 atom stereocenters. The van der Waals surface area contributed by atoms with E-state index < -0.39 is 0 Å². The average molecular weight is 112 g/mol. The van der Waals surface area contributed by atoms with Crippen molar-refractivity contribution in [3.05, 3.63) is 0 Å². The van der Waals surface area contributed by atoms with Gasteiger partial charge in [0.15, 0.2) is 0 Å². The minimum atomic E-state index is 0. The predicted octanol–water partition coefficient (Wildman–Crippen LogP) is -0.837. The molecule has 4 radical (unpaired) electrons. The van der Waals surface area contributed by atoms with Crippen molar-refractivity contribution in [2.24, 2.45) is 0 Å². The van der Waals surface area contributed by atoms with E-state index in [9.17, 15) is 0 Å². The summed E-state index contributed by atoms with van der Waals surface area (Å²) in [6.07, 6.45) is 0. The second-order valence-corrected chi connectivity index (χ2v) is 0. The van der Waals surface area contributed by atoms with Gasteiger partial charge in [0.05, 0.1) is 0 Å². The van der Waals surface area contributed by atoms with Gasteiger partial charge in [-0.05, 0) is 0 Å². The van der Waals surface area contributed by atoms with Crippen molar-refractivity contribution in [3.8, 4) is 0 Å². The number of rotatable bonds is 0. The Bertz CT molecular complexity index is 6.00. The molecule has 0 saturated carbocycles. The van der Waals surface area contributed by atoms with Crippen LogP contribution >= 0.6 is 0 Å². The maximum absolute atomic E-state index is 0. The van der Waals surface area contributed by atoms with Gasteiger partial charge in [-0.1, -0.05) is 0 Å². The van der Waals surface area contributed by atoms with Crippen molar-refractivity contribution in [2.45, 2.75) is 0 Å². The van der Waals surface area contributed by atoms with Gasteiger partial charge >= 0.3 is 17.1 Å². The Kier molecular flexibility index (Phi) is 9770. The quantitative estimate of drug-likeness (QED) is 0.382. The summed E-state index contributed by atoms with van der Waals surface area (Å²) in [6.45, 7) is 0. The number of hydrogen-bond donors (Lipinski definition) is 0. The van der Waals surface area contributed by atoms with Crippen molar-refractivity contribution in [3.63, 3.8) is 0 Å². The fourth-order valence-corrected chi connectivity index (χ4v) is 0. The van der Waals surface area contributed by atoms with Crippen LogP contribution in [-0.4, -0.2) is 11.0 Å².